The lowest BCUT2D eigenvalue weighted by Crippen LogP contribution is -2.42. The summed E-state index contributed by atoms with van der Waals surface area (Å²) in [6.45, 7) is 0.657. The van der Waals surface area contributed by atoms with Gasteiger partial charge in [0.2, 0.25) is 5.91 Å². The predicted molar refractivity (Wildman–Crippen MR) is 170 cm³/mol. The van der Waals surface area contributed by atoms with E-state index in [1.807, 2.05) is 35.4 Å². The molecule has 1 N–H and O–H groups in total. The summed E-state index contributed by atoms with van der Waals surface area (Å²) >= 11 is 0. The number of carbonyl (C=O) groups is 2. The van der Waals surface area contributed by atoms with Gasteiger partial charge in [0.25, 0.3) is 0 Å². The van der Waals surface area contributed by atoms with Gasteiger partial charge >= 0.3 is 6.09 Å². The second kappa shape index (κ2) is 13.7. The normalized spacial score (nSPS) is 23.0. The van der Waals surface area contributed by atoms with Gasteiger partial charge < -0.3 is 19.7 Å². The number of anilines is 1. The number of aromatic nitrogens is 3. The summed E-state index contributed by atoms with van der Waals surface area (Å²) in [5.74, 6) is 1.18. The number of ether oxygens (including phenoxy) is 2. The van der Waals surface area contributed by atoms with Crippen molar-refractivity contribution < 1.29 is 19.1 Å². The molecule has 2 amide bonds. The zero-order valence-corrected chi connectivity index (χ0v) is 26.2. The first-order valence-corrected chi connectivity index (χ1v) is 16.2. The number of benzene rings is 1. The topological polar surface area (TPSA) is 122 Å². The van der Waals surface area contributed by atoms with Crippen LogP contribution in [-0.4, -0.2) is 53.6 Å². The number of pyridine rings is 1. The van der Waals surface area contributed by atoms with E-state index in [4.69, 9.17) is 9.47 Å². The van der Waals surface area contributed by atoms with E-state index in [0.29, 0.717) is 55.6 Å². The Bertz CT molecular complexity index is 1540. The van der Waals surface area contributed by atoms with Crippen LogP contribution in [-0.2, 0) is 9.53 Å². The van der Waals surface area contributed by atoms with E-state index in [1.165, 1.54) is 12.8 Å². The van der Waals surface area contributed by atoms with Crippen LogP contribution in [0.25, 0.3) is 11.1 Å². The molecule has 0 unspecified atom stereocenters. The molecule has 2 heterocycles. The van der Waals surface area contributed by atoms with Crippen molar-refractivity contribution in [2.45, 2.75) is 82.3 Å². The molecular formula is C35H42N6O4. The van der Waals surface area contributed by atoms with Crippen molar-refractivity contribution in [3.8, 4) is 22.9 Å². The minimum atomic E-state index is -0.419. The molecule has 0 spiro atoms. The highest BCUT2D eigenvalue weighted by atomic mass is 16.6. The number of carbonyl (C=O) groups excluding carboxylic acids is 2. The molecule has 1 aromatic carbocycles. The first-order valence-electron chi connectivity index (χ1n) is 16.2. The minimum Gasteiger partial charge on any atom is -0.494 e. The number of hydrogen-bond donors (Lipinski definition) is 1. The maximum Gasteiger partial charge on any atom is 0.407 e. The Hall–Kier alpha value is -4.39. The Morgan fingerprint density at radius 2 is 1.80 bits per heavy atom. The molecular weight excluding hydrogens is 568 g/mol. The number of nitrogens with zero attached hydrogens (tertiary/aromatic N) is 5. The molecule has 3 fully saturated rings. The number of methoxy groups -OCH3 is 1. The van der Waals surface area contributed by atoms with E-state index in [1.54, 1.807) is 14.2 Å². The van der Waals surface area contributed by atoms with E-state index in [2.05, 4.69) is 44.5 Å². The number of nitrogens with one attached hydrogen (secondary N) is 1. The molecule has 0 bridgehead atoms. The number of amides is 2. The van der Waals surface area contributed by atoms with Crippen molar-refractivity contribution >= 4 is 17.7 Å². The average molecular weight is 611 g/mol. The van der Waals surface area contributed by atoms with E-state index in [9.17, 15) is 14.9 Å². The summed E-state index contributed by atoms with van der Waals surface area (Å²) < 4.78 is 12.8. The monoisotopic (exact) mass is 610 g/mol. The van der Waals surface area contributed by atoms with Crippen LogP contribution in [0.4, 0.5) is 10.5 Å². The van der Waals surface area contributed by atoms with Crippen molar-refractivity contribution in [3.05, 3.63) is 60.2 Å². The van der Waals surface area contributed by atoms with Gasteiger partial charge in [-0.2, -0.15) is 10.4 Å². The van der Waals surface area contributed by atoms with E-state index in [0.717, 1.165) is 48.2 Å². The lowest BCUT2D eigenvalue weighted by atomic mass is 9.79. The zero-order chi connectivity index (χ0) is 31.3. The third-order valence-corrected chi connectivity index (χ3v) is 9.69. The summed E-state index contributed by atoms with van der Waals surface area (Å²) in [5, 5.41) is 16.6. The Kier molecular flexibility index (Phi) is 9.34. The highest BCUT2D eigenvalue weighted by Gasteiger charge is 2.34. The van der Waals surface area contributed by atoms with Gasteiger partial charge in [0, 0.05) is 48.6 Å². The fraction of sp³-hybridized carbons (Fsp3) is 0.514. The summed E-state index contributed by atoms with van der Waals surface area (Å²) in [6.07, 6.45) is 12.4. The fourth-order valence-corrected chi connectivity index (χ4v) is 6.89. The van der Waals surface area contributed by atoms with Gasteiger partial charge in [0.15, 0.2) is 11.4 Å². The van der Waals surface area contributed by atoms with Gasteiger partial charge in [-0.3, -0.25) is 9.48 Å². The highest BCUT2D eigenvalue weighted by Crippen LogP contribution is 2.39. The molecule has 0 atom stereocenters. The van der Waals surface area contributed by atoms with Gasteiger partial charge in [-0.1, -0.05) is 12.1 Å². The standard InChI is InChI=1S/C35H42N6O4/c1-37-35(43)45-30-14-10-25(11-15-30)34(42)40(29-5-3-4-26(18-29)27-20-38-41(22-27)28-12-13-28)21-23-6-8-24(9-7-23)31-16-17-33(44-2)32(19-36)39-31/h3-5,16-18,20,22-25,28,30H,6-15,21H2,1-2H3,(H,37,43). The van der Waals surface area contributed by atoms with Crippen LogP contribution in [0.3, 0.4) is 0 Å². The maximum atomic E-state index is 14.3. The SMILES string of the molecule is CNC(=O)OC1CCC(C(=O)N(CC2CCC(c3ccc(OC)c(C#N)n3)CC2)c2cccc(-c3cnn(C4CC4)c3)c2)CC1. The maximum absolute atomic E-state index is 14.3. The molecule has 3 aromatic rings. The van der Waals surface area contributed by atoms with Crippen LogP contribution < -0.4 is 15.0 Å². The van der Waals surface area contributed by atoms with Crippen molar-refractivity contribution in [1.29, 1.82) is 5.26 Å². The van der Waals surface area contributed by atoms with Gasteiger partial charge in [0.1, 0.15) is 12.2 Å². The number of nitriles is 1. The first kappa shape index (κ1) is 30.6. The molecule has 3 aliphatic carbocycles. The summed E-state index contributed by atoms with van der Waals surface area (Å²) in [4.78, 5) is 32.6. The van der Waals surface area contributed by atoms with Crippen LogP contribution in [0.2, 0.25) is 0 Å². The van der Waals surface area contributed by atoms with Crippen molar-refractivity contribution in [2.24, 2.45) is 11.8 Å². The molecule has 10 nitrogen and oxygen atoms in total. The third-order valence-electron chi connectivity index (χ3n) is 9.69. The molecule has 3 aliphatic rings. The quantitative estimate of drug-likeness (QED) is 0.298. The Morgan fingerprint density at radius 1 is 1.02 bits per heavy atom. The molecule has 10 heteroatoms. The van der Waals surface area contributed by atoms with Crippen molar-refractivity contribution in [2.75, 3.05) is 25.6 Å². The van der Waals surface area contributed by atoms with E-state index < -0.39 is 6.09 Å². The van der Waals surface area contributed by atoms with E-state index in [-0.39, 0.29) is 23.8 Å². The molecule has 0 aliphatic heterocycles. The molecule has 0 radical (unpaired) electrons. The van der Waals surface area contributed by atoms with Crippen molar-refractivity contribution in [3.63, 3.8) is 0 Å². The summed E-state index contributed by atoms with van der Waals surface area (Å²) in [7, 11) is 3.11. The average Bonchev–Trinajstić information content (AvgIpc) is 3.82. The minimum absolute atomic E-state index is 0.111. The smallest absolute Gasteiger partial charge is 0.407 e. The lowest BCUT2D eigenvalue weighted by Gasteiger charge is -2.36. The lowest BCUT2D eigenvalue weighted by molar-refractivity contribution is -0.124. The van der Waals surface area contributed by atoms with Crippen LogP contribution in [0, 0.1) is 23.2 Å². The Morgan fingerprint density at radius 3 is 2.49 bits per heavy atom. The third kappa shape index (κ3) is 7.14. The first-order chi connectivity index (χ1) is 21.9. The van der Waals surface area contributed by atoms with Crippen LogP contribution in [0.5, 0.6) is 5.75 Å². The molecule has 236 valence electrons. The van der Waals surface area contributed by atoms with Crippen LogP contribution in [0.15, 0.2) is 48.8 Å². The molecule has 6 rings (SSSR count). The Labute approximate surface area is 264 Å². The summed E-state index contributed by atoms with van der Waals surface area (Å²) in [6, 6.07) is 14.8. The van der Waals surface area contributed by atoms with Gasteiger partial charge in [-0.25, -0.2) is 9.78 Å². The Balaban J connectivity index is 1.18. The predicted octanol–water partition coefficient (Wildman–Crippen LogP) is 6.38. The van der Waals surface area contributed by atoms with Gasteiger partial charge in [0.05, 0.1) is 19.3 Å². The highest BCUT2D eigenvalue weighted by molar-refractivity contribution is 5.95. The number of alkyl carbamates (subject to hydrolysis) is 1. The largest absolute Gasteiger partial charge is 0.494 e. The zero-order valence-electron chi connectivity index (χ0n) is 26.2. The van der Waals surface area contributed by atoms with E-state index >= 15 is 0 Å². The van der Waals surface area contributed by atoms with Crippen LogP contribution in [0.1, 0.15) is 87.6 Å². The second-order valence-corrected chi connectivity index (χ2v) is 12.7. The molecule has 0 saturated heterocycles. The van der Waals surface area contributed by atoms with Gasteiger partial charge in [-0.05, 0) is 100.0 Å². The molecule has 45 heavy (non-hydrogen) atoms. The second-order valence-electron chi connectivity index (χ2n) is 12.7. The summed E-state index contributed by atoms with van der Waals surface area (Å²) in [5.41, 5.74) is 4.30. The number of hydrogen-bond acceptors (Lipinski definition) is 7. The van der Waals surface area contributed by atoms with Gasteiger partial charge in [-0.15, -0.1) is 0 Å². The number of rotatable bonds is 9. The molecule has 2 aromatic heterocycles. The fourth-order valence-electron chi connectivity index (χ4n) is 6.89. The van der Waals surface area contributed by atoms with Crippen LogP contribution >= 0.6 is 0 Å². The molecule has 3 saturated carbocycles. The van der Waals surface area contributed by atoms with Crippen molar-refractivity contribution in [1.82, 2.24) is 20.1 Å².